The van der Waals surface area contributed by atoms with E-state index in [4.69, 9.17) is 9.57 Å². The van der Waals surface area contributed by atoms with E-state index < -0.39 is 18.1 Å². The number of imide groups is 1. The van der Waals surface area contributed by atoms with Crippen molar-refractivity contribution in [2.24, 2.45) is 5.92 Å². The first-order valence-electron chi connectivity index (χ1n) is 10.2. The van der Waals surface area contributed by atoms with Gasteiger partial charge in [0.2, 0.25) is 5.91 Å². The quantitative estimate of drug-likeness (QED) is 0.603. The summed E-state index contributed by atoms with van der Waals surface area (Å²) in [6.45, 7) is 2.02. The molecule has 0 aromatic heterocycles. The number of carbonyl (C=O) groups is 2. The average Bonchev–Trinajstić information content (AvgIpc) is 3.31. The van der Waals surface area contributed by atoms with Crippen LogP contribution in [0, 0.1) is 12.8 Å². The maximum absolute atomic E-state index is 13.6. The Kier molecular flexibility index (Phi) is 4.71. The minimum Gasteiger partial charge on any atom is -0.497 e. The van der Waals surface area contributed by atoms with Gasteiger partial charge in [-0.25, -0.2) is 9.96 Å². The van der Waals surface area contributed by atoms with Crippen molar-refractivity contribution in [2.75, 3.05) is 17.1 Å². The second-order valence-corrected chi connectivity index (χ2v) is 7.78. The van der Waals surface area contributed by atoms with Crippen LogP contribution < -0.4 is 14.7 Å². The van der Waals surface area contributed by atoms with Crippen LogP contribution in [0.2, 0.25) is 0 Å². The first-order valence-corrected chi connectivity index (χ1v) is 10.2. The summed E-state index contributed by atoms with van der Waals surface area (Å²) >= 11 is 0. The molecule has 2 saturated heterocycles. The molecule has 156 valence electrons. The molecule has 0 saturated carbocycles. The normalized spacial score (nSPS) is 22.7. The number of hydrogen-bond donors (Lipinski definition) is 0. The van der Waals surface area contributed by atoms with Crippen LogP contribution in [0.4, 0.5) is 11.4 Å². The summed E-state index contributed by atoms with van der Waals surface area (Å²) in [4.78, 5) is 34.3. The van der Waals surface area contributed by atoms with E-state index in [1.807, 2.05) is 61.5 Å². The fourth-order valence-corrected chi connectivity index (χ4v) is 4.32. The number of carbonyl (C=O) groups excluding carboxylic acids is 2. The summed E-state index contributed by atoms with van der Waals surface area (Å²) in [5, 5.41) is 1.71. The number of anilines is 2. The third-order valence-corrected chi connectivity index (χ3v) is 5.86. The topological polar surface area (TPSA) is 59.1 Å². The number of methoxy groups -OCH3 is 1. The van der Waals surface area contributed by atoms with Crippen molar-refractivity contribution < 1.29 is 19.2 Å². The van der Waals surface area contributed by atoms with Gasteiger partial charge in [0.25, 0.3) is 5.91 Å². The lowest BCUT2D eigenvalue weighted by Gasteiger charge is -2.28. The predicted molar refractivity (Wildman–Crippen MR) is 117 cm³/mol. The Bertz CT molecular complexity index is 1130. The molecule has 3 aromatic rings. The Balaban J connectivity index is 1.57. The first kappa shape index (κ1) is 19.3. The number of hydroxylamine groups is 1. The molecule has 2 heterocycles. The Labute approximate surface area is 180 Å². The van der Waals surface area contributed by atoms with Crippen LogP contribution >= 0.6 is 0 Å². The maximum atomic E-state index is 13.6. The summed E-state index contributed by atoms with van der Waals surface area (Å²) in [5.41, 5.74) is 3.34. The minimum atomic E-state index is -0.884. The minimum absolute atomic E-state index is 0.271. The van der Waals surface area contributed by atoms with E-state index in [0.717, 1.165) is 16.8 Å². The Morgan fingerprint density at radius 3 is 2.26 bits per heavy atom. The molecule has 0 aliphatic carbocycles. The Morgan fingerprint density at radius 1 is 0.839 bits per heavy atom. The largest absolute Gasteiger partial charge is 0.497 e. The highest BCUT2D eigenvalue weighted by molar-refractivity contribution is 6.24. The van der Waals surface area contributed by atoms with Gasteiger partial charge in [-0.1, -0.05) is 54.1 Å². The highest BCUT2D eigenvalue weighted by Gasteiger charge is 2.60. The van der Waals surface area contributed by atoms with E-state index in [0.29, 0.717) is 11.4 Å². The van der Waals surface area contributed by atoms with Gasteiger partial charge in [-0.05, 0) is 36.8 Å². The highest BCUT2D eigenvalue weighted by Crippen LogP contribution is 2.47. The van der Waals surface area contributed by atoms with E-state index in [1.165, 1.54) is 4.90 Å². The average molecular weight is 414 g/mol. The van der Waals surface area contributed by atoms with Crippen LogP contribution in [0.5, 0.6) is 5.75 Å². The molecule has 2 fully saturated rings. The van der Waals surface area contributed by atoms with Crippen LogP contribution in [-0.2, 0) is 14.4 Å². The molecule has 5 rings (SSSR count). The number of amides is 2. The number of fused-ring (bicyclic) bond motifs is 1. The summed E-state index contributed by atoms with van der Waals surface area (Å²) in [6.07, 6.45) is -0.884. The molecule has 2 amide bonds. The number of benzene rings is 3. The Morgan fingerprint density at radius 2 is 1.55 bits per heavy atom. The Hall–Kier alpha value is -3.64. The lowest BCUT2D eigenvalue weighted by Crippen LogP contribution is -2.37. The zero-order chi connectivity index (χ0) is 21.5. The molecule has 0 radical (unpaired) electrons. The zero-order valence-corrected chi connectivity index (χ0v) is 17.3. The molecule has 0 spiro atoms. The molecule has 0 bridgehead atoms. The van der Waals surface area contributed by atoms with E-state index in [-0.39, 0.29) is 11.8 Å². The van der Waals surface area contributed by atoms with Crippen LogP contribution in [0.3, 0.4) is 0 Å². The molecule has 6 nitrogen and oxygen atoms in total. The van der Waals surface area contributed by atoms with E-state index >= 15 is 0 Å². The number of hydrogen-bond acceptors (Lipinski definition) is 5. The maximum Gasteiger partial charge on any atom is 0.266 e. The molecule has 0 unspecified atom stereocenters. The van der Waals surface area contributed by atoms with Crippen molar-refractivity contribution in [2.45, 2.75) is 19.1 Å². The molecule has 3 atom stereocenters. The van der Waals surface area contributed by atoms with Gasteiger partial charge in [0.05, 0.1) is 24.5 Å². The van der Waals surface area contributed by atoms with Crippen LogP contribution in [0.1, 0.15) is 17.2 Å². The number of aryl methyl sites for hydroxylation is 1. The molecule has 3 aromatic carbocycles. The fraction of sp³-hybridized carbons (Fsp3) is 0.200. The first-order chi connectivity index (χ1) is 15.1. The van der Waals surface area contributed by atoms with Gasteiger partial charge in [0.15, 0.2) is 6.10 Å². The number of rotatable bonds is 4. The van der Waals surface area contributed by atoms with Gasteiger partial charge in [-0.2, -0.15) is 0 Å². The van der Waals surface area contributed by atoms with Crippen molar-refractivity contribution in [3.8, 4) is 5.75 Å². The van der Waals surface area contributed by atoms with Gasteiger partial charge in [0, 0.05) is 6.07 Å². The van der Waals surface area contributed by atoms with E-state index in [9.17, 15) is 9.59 Å². The van der Waals surface area contributed by atoms with E-state index in [1.54, 1.807) is 36.4 Å². The summed E-state index contributed by atoms with van der Waals surface area (Å²) < 4.78 is 5.27. The fourth-order valence-electron chi connectivity index (χ4n) is 4.32. The zero-order valence-electron chi connectivity index (χ0n) is 17.3. The third kappa shape index (κ3) is 3.16. The summed E-state index contributed by atoms with van der Waals surface area (Å²) in [6, 6.07) is 24.1. The molecular weight excluding hydrogens is 392 g/mol. The van der Waals surface area contributed by atoms with Crippen molar-refractivity contribution >= 4 is 23.2 Å². The van der Waals surface area contributed by atoms with Gasteiger partial charge in [0.1, 0.15) is 11.7 Å². The molecule has 2 aliphatic heterocycles. The van der Waals surface area contributed by atoms with Crippen molar-refractivity contribution in [3.63, 3.8) is 0 Å². The van der Waals surface area contributed by atoms with Crippen molar-refractivity contribution in [1.82, 2.24) is 0 Å². The smallest absolute Gasteiger partial charge is 0.266 e. The molecular formula is C25H22N2O4. The summed E-state index contributed by atoms with van der Waals surface area (Å²) in [5.74, 6) is -0.704. The van der Waals surface area contributed by atoms with Gasteiger partial charge in [-0.3, -0.25) is 14.4 Å². The van der Waals surface area contributed by atoms with Gasteiger partial charge in [-0.15, -0.1) is 0 Å². The third-order valence-electron chi connectivity index (χ3n) is 5.86. The van der Waals surface area contributed by atoms with Gasteiger partial charge >= 0.3 is 0 Å². The molecule has 0 N–H and O–H groups in total. The van der Waals surface area contributed by atoms with Crippen molar-refractivity contribution in [1.29, 1.82) is 0 Å². The lowest BCUT2D eigenvalue weighted by atomic mass is 9.90. The second-order valence-electron chi connectivity index (χ2n) is 7.78. The van der Waals surface area contributed by atoms with Crippen LogP contribution in [0.25, 0.3) is 0 Å². The molecule has 2 aliphatic rings. The highest BCUT2D eigenvalue weighted by atomic mass is 16.7. The van der Waals surface area contributed by atoms with Crippen LogP contribution in [0.15, 0.2) is 78.9 Å². The monoisotopic (exact) mass is 414 g/mol. The summed E-state index contributed by atoms with van der Waals surface area (Å²) in [7, 11) is 1.55. The molecule has 6 heteroatoms. The predicted octanol–water partition coefficient (Wildman–Crippen LogP) is 4.05. The van der Waals surface area contributed by atoms with Crippen molar-refractivity contribution in [3.05, 3.63) is 90.0 Å². The second kappa shape index (κ2) is 7.56. The van der Waals surface area contributed by atoms with E-state index in [2.05, 4.69) is 0 Å². The lowest BCUT2D eigenvalue weighted by molar-refractivity contribution is -0.126. The SMILES string of the molecule is COc1cccc(N2C(=O)[C@@H]3[C@@H](c4ccc(C)cc4)N(c4ccccc4)O[C@H]3C2=O)c1. The standard InChI is InChI=1S/C25H22N2O4/c1-16-11-13-17(14-12-16)22-21-23(31-27(22)18-7-4-3-5-8-18)25(29)26(24(21)28)19-9-6-10-20(15-19)30-2/h3-15,21-23H,1-2H3/t21-,22-,23-/m1/s1. The number of para-hydroxylation sites is 1. The molecule has 31 heavy (non-hydrogen) atoms. The number of nitrogens with zero attached hydrogens (tertiary/aromatic N) is 2. The van der Waals surface area contributed by atoms with Gasteiger partial charge < -0.3 is 4.74 Å². The number of ether oxygens (including phenoxy) is 1. The van der Waals surface area contributed by atoms with Crippen LogP contribution in [-0.4, -0.2) is 25.0 Å².